The van der Waals surface area contributed by atoms with Crippen LogP contribution in [-0.2, 0) is 27.3 Å². The number of pyridine rings is 1. The second kappa shape index (κ2) is 7.42. The summed E-state index contributed by atoms with van der Waals surface area (Å²) in [5.74, 6) is -0.545. The molecule has 1 aromatic heterocycles. The lowest BCUT2D eigenvalue weighted by molar-refractivity contribution is -0.126. The molecule has 7 nitrogen and oxygen atoms in total. The Labute approximate surface area is 163 Å². The number of amides is 3. The van der Waals surface area contributed by atoms with E-state index in [1.165, 1.54) is 0 Å². The van der Waals surface area contributed by atoms with Crippen molar-refractivity contribution in [1.29, 1.82) is 0 Å². The Hall–Kier alpha value is -3.22. The summed E-state index contributed by atoms with van der Waals surface area (Å²) in [6.07, 6.45) is 2.66. The van der Waals surface area contributed by atoms with Crippen LogP contribution in [0.4, 0.5) is 11.4 Å². The summed E-state index contributed by atoms with van der Waals surface area (Å²) in [4.78, 5) is 44.3. The van der Waals surface area contributed by atoms with Crippen LogP contribution in [0.15, 0.2) is 42.6 Å². The number of benzene rings is 1. The Balaban J connectivity index is 1.42. The Bertz CT molecular complexity index is 929. The number of nitrogens with zero attached hydrogens (tertiary/aromatic N) is 3. The van der Waals surface area contributed by atoms with Crippen LogP contribution >= 0.6 is 0 Å². The quantitative estimate of drug-likeness (QED) is 0.877. The summed E-state index contributed by atoms with van der Waals surface area (Å²) in [6, 6.07) is 11.3. The molecule has 3 amide bonds. The molecule has 2 aromatic rings. The highest BCUT2D eigenvalue weighted by atomic mass is 16.2. The molecule has 0 saturated carbocycles. The van der Waals surface area contributed by atoms with Crippen molar-refractivity contribution in [3.63, 3.8) is 0 Å². The molecule has 4 rings (SSSR count). The number of rotatable bonds is 4. The number of nitrogens with one attached hydrogen (secondary N) is 1. The maximum Gasteiger partial charge on any atom is 0.227 e. The van der Waals surface area contributed by atoms with Crippen LogP contribution in [0, 0.1) is 5.92 Å². The van der Waals surface area contributed by atoms with E-state index in [9.17, 15) is 14.4 Å². The lowest BCUT2D eigenvalue weighted by Gasteiger charge is -2.19. The van der Waals surface area contributed by atoms with Crippen LogP contribution in [0.3, 0.4) is 0 Å². The molecule has 0 aliphatic carbocycles. The Kier molecular flexibility index (Phi) is 4.81. The molecular formula is C21H22N4O3. The van der Waals surface area contributed by atoms with Crippen molar-refractivity contribution in [1.82, 2.24) is 10.3 Å². The van der Waals surface area contributed by atoms with Gasteiger partial charge in [0.15, 0.2) is 0 Å². The monoisotopic (exact) mass is 378 g/mol. The second-order valence-electron chi connectivity index (χ2n) is 7.18. The molecule has 2 aliphatic rings. The third-order valence-electron chi connectivity index (χ3n) is 5.32. The molecule has 1 N–H and O–H groups in total. The minimum absolute atomic E-state index is 0.0217. The first-order chi connectivity index (χ1) is 13.5. The fraction of sp³-hybridized carbons (Fsp3) is 0.333. The highest BCUT2D eigenvalue weighted by molar-refractivity contribution is 6.01. The summed E-state index contributed by atoms with van der Waals surface area (Å²) in [5, 5.41) is 2.87. The third kappa shape index (κ3) is 3.47. The van der Waals surface area contributed by atoms with Gasteiger partial charge in [0.1, 0.15) is 0 Å². The second-order valence-corrected chi connectivity index (χ2v) is 7.18. The van der Waals surface area contributed by atoms with E-state index in [1.54, 1.807) is 22.9 Å². The highest BCUT2D eigenvalue weighted by Gasteiger charge is 2.35. The number of carbonyl (C=O) groups is 3. The van der Waals surface area contributed by atoms with Gasteiger partial charge in [-0.25, -0.2) is 0 Å². The van der Waals surface area contributed by atoms with E-state index in [4.69, 9.17) is 0 Å². The average molecular weight is 378 g/mol. The minimum atomic E-state index is -0.377. The van der Waals surface area contributed by atoms with Gasteiger partial charge < -0.3 is 15.1 Å². The largest absolute Gasteiger partial charge is 0.350 e. The molecule has 28 heavy (non-hydrogen) atoms. The molecule has 0 radical (unpaired) electrons. The van der Waals surface area contributed by atoms with Crippen molar-refractivity contribution in [2.24, 2.45) is 5.92 Å². The fourth-order valence-electron chi connectivity index (χ4n) is 3.84. The average Bonchev–Trinajstić information content (AvgIpc) is 3.30. The van der Waals surface area contributed by atoms with Crippen LogP contribution < -0.4 is 15.1 Å². The van der Waals surface area contributed by atoms with Gasteiger partial charge in [0, 0.05) is 44.0 Å². The van der Waals surface area contributed by atoms with Gasteiger partial charge >= 0.3 is 0 Å². The first-order valence-corrected chi connectivity index (χ1v) is 9.42. The van der Waals surface area contributed by atoms with Gasteiger partial charge in [0.2, 0.25) is 17.7 Å². The van der Waals surface area contributed by atoms with Crippen molar-refractivity contribution in [3.8, 4) is 0 Å². The molecule has 2 aliphatic heterocycles. The van der Waals surface area contributed by atoms with Gasteiger partial charge in [0.05, 0.1) is 18.2 Å². The number of hydrogen-bond acceptors (Lipinski definition) is 4. The van der Waals surface area contributed by atoms with Crippen molar-refractivity contribution < 1.29 is 14.4 Å². The molecule has 144 valence electrons. The van der Waals surface area contributed by atoms with Gasteiger partial charge in [0.25, 0.3) is 0 Å². The van der Waals surface area contributed by atoms with Gasteiger partial charge in [-0.05, 0) is 42.3 Å². The normalized spacial score (nSPS) is 18.3. The molecule has 3 heterocycles. The number of aromatic nitrogens is 1. The van der Waals surface area contributed by atoms with Crippen LogP contribution in [0.1, 0.15) is 24.6 Å². The van der Waals surface area contributed by atoms with E-state index in [-0.39, 0.29) is 30.1 Å². The van der Waals surface area contributed by atoms with Gasteiger partial charge in [-0.2, -0.15) is 0 Å². The fourth-order valence-corrected chi connectivity index (χ4v) is 3.84. The molecular weight excluding hydrogens is 356 g/mol. The SMILES string of the molecule is CC(=O)N1CCc2cc(N3CC(C(=O)NCc4ccccn4)CC3=O)ccc21. The van der Waals surface area contributed by atoms with Crippen molar-refractivity contribution in [3.05, 3.63) is 53.9 Å². The van der Waals surface area contributed by atoms with Crippen LogP contribution in [0.25, 0.3) is 0 Å². The van der Waals surface area contributed by atoms with Crippen molar-refractivity contribution in [2.45, 2.75) is 26.3 Å². The Morgan fingerprint density at radius 1 is 1.25 bits per heavy atom. The third-order valence-corrected chi connectivity index (χ3v) is 5.32. The standard InChI is InChI=1S/C21H22N4O3/c1-14(26)24-9-7-15-10-18(5-6-19(15)24)25-13-16(11-20(25)27)21(28)23-12-17-4-2-3-8-22-17/h2-6,8,10,16H,7,9,11-13H2,1H3,(H,23,28). The van der Waals surface area contributed by atoms with Crippen LogP contribution in [0.2, 0.25) is 0 Å². The first-order valence-electron chi connectivity index (χ1n) is 9.42. The minimum Gasteiger partial charge on any atom is -0.350 e. The number of hydrogen-bond donors (Lipinski definition) is 1. The topological polar surface area (TPSA) is 82.6 Å². The maximum atomic E-state index is 12.5. The lowest BCUT2D eigenvalue weighted by atomic mass is 10.1. The van der Waals surface area contributed by atoms with E-state index in [0.29, 0.717) is 19.6 Å². The van der Waals surface area contributed by atoms with Crippen LogP contribution in [-0.4, -0.2) is 35.8 Å². The van der Waals surface area contributed by atoms with Crippen molar-refractivity contribution in [2.75, 3.05) is 22.9 Å². The molecule has 1 unspecified atom stereocenters. The summed E-state index contributed by atoms with van der Waals surface area (Å²) >= 11 is 0. The molecule has 1 atom stereocenters. The zero-order valence-corrected chi connectivity index (χ0v) is 15.7. The van der Waals surface area contributed by atoms with Gasteiger partial charge in [-0.15, -0.1) is 0 Å². The zero-order valence-electron chi connectivity index (χ0n) is 15.7. The van der Waals surface area contributed by atoms with Crippen LogP contribution in [0.5, 0.6) is 0 Å². The predicted molar refractivity (Wildman–Crippen MR) is 105 cm³/mol. The maximum absolute atomic E-state index is 12.5. The molecule has 1 fully saturated rings. The molecule has 1 aromatic carbocycles. The van der Waals surface area contributed by atoms with Gasteiger partial charge in [-0.1, -0.05) is 6.07 Å². The van der Waals surface area contributed by atoms with E-state index in [0.717, 1.165) is 29.1 Å². The first kappa shape index (κ1) is 18.2. The van der Waals surface area contributed by atoms with E-state index in [1.807, 2.05) is 36.4 Å². The summed E-state index contributed by atoms with van der Waals surface area (Å²) in [7, 11) is 0. The lowest BCUT2D eigenvalue weighted by Crippen LogP contribution is -2.32. The molecule has 1 saturated heterocycles. The molecule has 0 spiro atoms. The Morgan fingerprint density at radius 2 is 2.11 bits per heavy atom. The van der Waals surface area contributed by atoms with E-state index in [2.05, 4.69) is 10.3 Å². The number of anilines is 2. The summed E-state index contributed by atoms with van der Waals surface area (Å²) in [5.41, 5.74) is 3.54. The van der Waals surface area contributed by atoms with Crippen molar-refractivity contribution >= 4 is 29.1 Å². The van der Waals surface area contributed by atoms with E-state index < -0.39 is 0 Å². The molecule has 0 bridgehead atoms. The summed E-state index contributed by atoms with van der Waals surface area (Å²) in [6.45, 7) is 2.94. The van der Waals surface area contributed by atoms with E-state index >= 15 is 0 Å². The highest BCUT2D eigenvalue weighted by Crippen LogP contribution is 2.34. The smallest absolute Gasteiger partial charge is 0.227 e. The predicted octanol–water partition coefficient (Wildman–Crippen LogP) is 1.66. The zero-order chi connectivity index (χ0) is 19.7. The van der Waals surface area contributed by atoms with Gasteiger partial charge in [-0.3, -0.25) is 19.4 Å². The number of fused-ring (bicyclic) bond motifs is 1. The Morgan fingerprint density at radius 3 is 2.86 bits per heavy atom. The number of carbonyl (C=O) groups excluding carboxylic acids is 3. The summed E-state index contributed by atoms with van der Waals surface area (Å²) < 4.78 is 0. The molecule has 7 heteroatoms.